The summed E-state index contributed by atoms with van der Waals surface area (Å²) in [6.45, 7) is 4.67. The molecule has 4 unspecified atom stereocenters. The molecule has 0 radical (unpaired) electrons. The first-order chi connectivity index (χ1) is 16.2. The van der Waals surface area contributed by atoms with E-state index in [9.17, 15) is 24.3 Å². The van der Waals surface area contributed by atoms with Crippen molar-refractivity contribution in [3.05, 3.63) is 18.2 Å². The number of carboxylic acid groups (broad SMARTS) is 1. The molecule has 4 atom stereocenters. The monoisotopic (exact) mass is 479 g/mol. The van der Waals surface area contributed by atoms with Crippen LogP contribution in [0.2, 0.25) is 0 Å². The average Bonchev–Trinajstić information content (AvgIpc) is 3.50. The van der Waals surface area contributed by atoms with Crippen LogP contribution in [0.15, 0.2) is 12.5 Å². The van der Waals surface area contributed by atoms with Crippen molar-refractivity contribution in [1.82, 2.24) is 31.2 Å². The Morgan fingerprint density at radius 1 is 1.15 bits per heavy atom. The van der Waals surface area contributed by atoms with Crippen LogP contribution in [0.3, 0.4) is 0 Å². The Balaban J connectivity index is 2.09. The van der Waals surface area contributed by atoms with Crippen LogP contribution in [-0.4, -0.2) is 76.0 Å². The smallest absolute Gasteiger partial charge is 0.326 e. The quantitative estimate of drug-likeness (QED) is 0.166. The number of amides is 3. The lowest BCUT2D eigenvalue weighted by Crippen LogP contribution is -2.58. The number of imidazole rings is 1. The van der Waals surface area contributed by atoms with Gasteiger partial charge in [0.15, 0.2) is 0 Å². The molecule has 3 amide bonds. The number of carbonyl (C=O) groups is 4. The molecule has 34 heavy (non-hydrogen) atoms. The molecule has 2 heterocycles. The zero-order valence-electron chi connectivity index (χ0n) is 19.8. The van der Waals surface area contributed by atoms with Gasteiger partial charge in [-0.2, -0.15) is 0 Å². The van der Waals surface area contributed by atoms with E-state index in [2.05, 4.69) is 31.2 Å². The molecule has 12 heteroatoms. The van der Waals surface area contributed by atoms with Crippen LogP contribution in [0.1, 0.15) is 51.6 Å². The number of aromatic nitrogens is 2. The van der Waals surface area contributed by atoms with Gasteiger partial charge in [-0.25, -0.2) is 9.78 Å². The maximum atomic E-state index is 13.2. The lowest BCUT2D eigenvalue weighted by molar-refractivity contribution is -0.142. The molecule has 190 valence electrons. The summed E-state index contributed by atoms with van der Waals surface area (Å²) in [5.74, 6) is -2.87. The van der Waals surface area contributed by atoms with Gasteiger partial charge in [-0.3, -0.25) is 14.4 Å². The lowest BCUT2D eigenvalue weighted by atomic mass is 10.0. The van der Waals surface area contributed by atoms with E-state index in [1.807, 2.05) is 0 Å². The second-order valence-electron chi connectivity index (χ2n) is 8.91. The first-order valence-electron chi connectivity index (χ1n) is 11.8. The number of H-pyrrole nitrogens is 1. The standard InChI is InChI=1S/C22H37N7O5/c1-13(2)18(21(32)27-16(22(33)34)6-3-4-8-23)29-20(31)17(10-14-11-24-12-26-14)28-19(30)15-7-5-9-25-15/h11-13,15-18,25H,3-10,23H2,1-2H3,(H,24,26)(H,27,32)(H,28,30)(H,29,31)(H,33,34). The van der Waals surface area contributed by atoms with Gasteiger partial charge in [-0.15, -0.1) is 0 Å². The van der Waals surface area contributed by atoms with Gasteiger partial charge in [-0.1, -0.05) is 13.8 Å². The van der Waals surface area contributed by atoms with E-state index in [-0.39, 0.29) is 30.7 Å². The first kappa shape index (κ1) is 27.3. The first-order valence-corrected chi connectivity index (χ1v) is 11.8. The number of aliphatic carboxylic acids is 1. The van der Waals surface area contributed by atoms with E-state index in [4.69, 9.17) is 5.73 Å². The van der Waals surface area contributed by atoms with Gasteiger partial charge in [0.05, 0.1) is 12.4 Å². The minimum Gasteiger partial charge on any atom is -0.480 e. The van der Waals surface area contributed by atoms with Crippen LogP contribution in [0.25, 0.3) is 0 Å². The maximum Gasteiger partial charge on any atom is 0.326 e. The van der Waals surface area contributed by atoms with E-state index in [0.717, 1.165) is 13.0 Å². The van der Waals surface area contributed by atoms with E-state index >= 15 is 0 Å². The Bertz CT molecular complexity index is 809. The molecule has 1 aliphatic heterocycles. The molecule has 1 saturated heterocycles. The summed E-state index contributed by atoms with van der Waals surface area (Å²) in [4.78, 5) is 57.2. The van der Waals surface area contributed by atoms with E-state index in [0.29, 0.717) is 31.5 Å². The molecule has 8 N–H and O–H groups in total. The fourth-order valence-electron chi connectivity index (χ4n) is 3.81. The summed E-state index contributed by atoms with van der Waals surface area (Å²) in [5, 5.41) is 20.6. The van der Waals surface area contributed by atoms with Crippen LogP contribution in [0, 0.1) is 5.92 Å². The zero-order valence-corrected chi connectivity index (χ0v) is 19.8. The second-order valence-corrected chi connectivity index (χ2v) is 8.91. The highest BCUT2D eigenvalue weighted by molar-refractivity contribution is 5.94. The van der Waals surface area contributed by atoms with Crippen LogP contribution < -0.4 is 27.0 Å². The van der Waals surface area contributed by atoms with Crippen molar-refractivity contribution in [2.24, 2.45) is 11.7 Å². The minimum absolute atomic E-state index is 0.160. The summed E-state index contributed by atoms with van der Waals surface area (Å²) < 4.78 is 0. The van der Waals surface area contributed by atoms with Gasteiger partial charge in [-0.05, 0) is 51.1 Å². The van der Waals surface area contributed by atoms with Crippen molar-refractivity contribution in [2.45, 2.75) is 76.5 Å². The Labute approximate surface area is 199 Å². The molecule has 0 saturated carbocycles. The average molecular weight is 480 g/mol. The third-order valence-electron chi connectivity index (χ3n) is 5.80. The molecule has 1 aromatic rings. The third-order valence-corrected chi connectivity index (χ3v) is 5.80. The number of carboxylic acids is 1. The number of nitrogens with two attached hydrogens (primary N) is 1. The van der Waals surface area contributed by atoms with E-state index in [1.165, 1.54) is 6.33 Å². The molecular weight excluding hydrogens is 442 g/mol. The fraction of sp³-hybridized carbons (Fsp3) is 0.682. The highest BCUT2D eigenvalue weighted by atomic mass is 16.4. The summed E-state index contributed by atoms with van der Waals surface area (Å²) >= 11 is 0. The topological polar surface area (TPSA) is 191 Å². The number of nitrogens with one attached hydrogen (secondary N) is 5. The molecule has 2 rings (SSSR count). The number of nitrogens with zero attached hydrogens (tertiary/aromatic N) is 1. The SMILES string of the molecule is CC(C)C(NC(=O)C(Cc1cnc[nH]1)NC(=O)C1CCCN1)C(=O)NC(CCCCN)C(=O)O. The minimum atomic E-state index is -1.15. The van der Waals surface area contributed by atoms with Gasteiger partial charge in [0.25, 0.3) is 0 Å². The highest BCUT2D eigenvalue weighted by Crippen LogP contribution is 2.09. The Morgan fingerprint density at radius 3 is 2.47 bits per heavy atom. The predicted octanol–water partition coefficient (Wildman–Crippen LogP) is -0.972. The molecule has 1 aromatic heterocycles. The lowest BCUT2D eigenvalue weighted by Gasteiger charge is -2.27. The van der Waals surface area contributed by atoms with Crippen molar-refractivity contribution >= 4 is 23.7 Å². The Hall–Kier alpha value is -2.99. The second kappa shape index (κ2) is 13.7. The predicted molar refractivity (Wildman–Crippen MR) is 124 cm³/mol. The fourth-order valence-corrected chi connectivity index (χ4v) is 3.81. The number of hydrogen-bond acceptors (Lipinski definition) is 7. The van der Waals surface area contributed by atoms with Crippen LogP contribution >= 0.6 is 0 Å². The van der Waals surface area contributed by atoms with E-state index < -0.39 is 35.9 Å². The van der Waals surface area contributed by atoms with Gasteiger partial charge in [0.2, 0.25) is 17.7 Å². The number of aromatic amines is 1. The zero-order chi connectivity index (χ0) is 25.1. The van der Waals surface area contributed by atoms with Crippen molar-refractivity contribution in [3.63, 3.8) is 0 Å². The Kier molecular flexibility index (Phi) is 10.9. The molecule has 0 spiro atoms. The van der Waals surface area contributed by atoms with Crippen LogP contribution in [0.5, 0.6) is 0 Å². The van der Waals surface area contributed by atoms with Crippen molar-refractivity contribution in [2.75, 3.05) is 13.1 Å². The maximum absolute atomic E-state index is 13.2. The van der Waals surface area contributed by atoms with Crippen molar-refractivity contribution in [1.29, 1.82) is 0 Å². The van der Waals surface area contributed by atoms with Gasteiger partial charge >= 0.3 is 5.97 Å². The van der Waals surface area contributed by atoms with Crippen molar-refractivity contribution in [3.8, 4) is 0 Å². The summed E-state index contributed by atoms with van der Waals surface area (Å²) in [5.41, 5.74) is 6.11. The summed E-state index contributed by atoms with van der Waals surface area (Å²) in [7, 11) is 0. The van der Waals surface area contributed by atoms with Gasteiger partial charge in [0, 0.05) is 18.3 Å². The van der Waals surface area contributed by atoms with Crippen molar-refractivity contribution < 1.29 is 24.3 Å². The molecule has 12 nitrogen and oxygen atoms in total. The summed E-state index contributed by atoms with van der Waals surface area (Å²) in [6.07, 6.45) is 6.20. The largest absolute Gasteiger partial charge is 0.480 e. The normalized spacial score (nSPS) is 18.2. The number of unbranched alkanes of at least 4 members (excludes halogenated alkanes) is 1. The molecule has 0 aliphatic carbocycles. The number of hydrogen-bond donors (Lipinski definition) is 7. The third kappa shape index (κ3) is 8.41. The Morgan fingerprint density at radius 2 is 1.91 bits per heavy atom. The number of carbonyl (C=O) groups excluding carboxylic acids is 3. The molecule has 0 aromatic carbocycles. The van der Waals surface area contributed by atoms with Crippen LogP contribution in [-0.2, 0) is 25.6 Å². The summed E-state index contributed by atoms with van der Waals surface area (Å²) in [6, 6.07) is -3.36. The molecule has 0 bridgehead atoms. The molecule has 1 aliphatic rings. The van der Waals surface area contributed by atoms with Gasteiger partial charge < -0.3 is 37.1 Å². The van der Waals surface area contributed by atoms with E-state index in [1.54, 1.807) is 20.0 Å². The highest BCUT2D eigenvalue weighted by Gasteiger charge is 2.33. The number of rotatable bonds is 14. The molecule has 1 fully saturated rings. The van der Waals surface area contributed by atoms with Crippen LogP contribution in [0.4, 0.5) is 0 Å². The molecular formula is C22H37N7O5. The van der Waals surface area contributed by atoms with Gasteiger partial charge in [0.1, 0.15) is 18.1 Å².